The summed E-state index contributed by atoms with van der Waals surface area (Å²) >= 11 is 1.09. The number of methoxy groups -OCH3 is 1. The van der Waals surface area contributed by atoms with Crippen LogP contribution in [-0.2, 0) is 9.59 Å². The molecule has 1 aromatic heterocycles. The molecule has 1 aliphatic heterocycles. The van der Waals surface area contributed by atoms with Gasteiger partial charge in [0.25, 0.3) is 5.78 Å². The van der Waals surface area contributed by atoms with Crippen LogP contribution in [0, 0.1) is 5.82 Å². The molecule has 1 aliphatic rings. The van der Waals surface area contributed by atoms with Gasteiger partial charge in [0.1, 0.15) is 23.1 Å². The number of anilines is 1. The van der Waals surface area contributed by atoms with Gasteiger partial charge >= 0.3 is 5.91 Å². The van der Waals surface area contributed by atoms with E-state index in [1.807, 2.05) is 6.92 Å². The van der Waals surface area contributed by atoms with Gasteiger partial charge in [-0.15, -0.1) is 0 Å². The molecule has 1 fully saturated rings. The van der Waals surface area contributed by atoms with Crippen LogP contribution >= 0.6 is 11.3 Å². The SMILES string of the molecule is CCCOc1cccc(/C(O)=C2\C(=O)C(=O)N(c3nc4ccc(F)cc4s3)C2c2cccc(OC)c2)c1. The third kappa shape index (κ3) is 4.53. The molecule has 0 radical (unpaired) electrons. The lowest BCUT2D eigenvalue weighted by atomic mass is 9.95. The highest BCUT2D eigenvalue weighted by molar-refractivity contribution is 7.22. The van der Waals surface area contributed by atoms with Gasteiger partial charge in [0.15, 0.2) is 5.13 Å². The van der Waals surface area contributed by atoms with Gasteiger partial charge in [-0.1, -0.05) is 42.5 Å². The minimum atomic E-state index is -0.985. The number of carbonyl (C=O) groups is 2. The summed E-state index contributed by atoms with van der Waals surface area (Å²) in [5.41, 5.74) is 1.29. The van der Waals surface area contributed by atoms with Gasteiger partial charge in [-0.2, -0.15) is 0 Å². The molecule has 0 saturated carbocycles. The Morgan fingerprint density at radius 3 is 2.65 bits per heavy atom. The number of aromatic nitrogens is 1. The minimum Gasteiger partial charge on any atom is -0.507 e. The molecule has 1 unspecified atom stereocenters. The average molecular weight is 519 g/mol. The number of thiazole rings is 1. The normalized spacial score (nSPS) is 16.9. The fourth-order valence-corrected chi connectivity index (χ4v) is 5.27. The van der Waals surface area contributed by atoms with E-state index in [9.17, 15) is 19.1 Å². The number of ketones is 1. The van der Waals surface area contributed by atoms with Crippen molar-refractivity contribution in [3.05, 3.63) is 89.2 Å². The molecule has 4 aromatic rings. The predicted molar refractivity (Wildman–Crippen MR) is 140 cm³/mol. The fourth-order valence-electron chi connectivity index (χ4n) is 4.25. The van der Waals surface area contributed by atoms with Gasteiger partial charge < -0.3 is 14.6 Å². The number of hydrogen-bond donors (Lipinski definition) is 1. The Hall–Kier alpha value is -4.24. The lowest BCUT2D eigenvalue weighted by Crippen LogP contribution is -2.29. The number of fused-ring (bicyclic) bond motifs is 1. The molecule has 37 heavy (non-hydrogen) atoms. The zero-order chi connectivity index (χ0) is 26.1. The number of Topliss-reactive ketones (excluding diaryl/α,β-unsaturated/α-hetero) is 1. The van der Waals surface area contributed by atoms with E-state index in [1.165, 1.54) is 30.2 Å². The second kappa shape index (κ2) is 10.0. The zero-order valence-corrected chi connectivity index (χ0v) is 20.9. The summed E-state index contributed by atoms with van der Waals surface area (Å²) < 4.78 is 25.4. The van der Waals surface area contributed by atoms with Crippen LogP contribution in [0.4, 0.5) is 9.52 Å². The minimum absolute atomic E-state index is 0.0867. The molecule has 1 amide bonds. The quantitative estimate of drug-likeness (QED) is 0.187. The fraction of sp³-hybridized carbons (Fsp3) is 0.179. The Labute approximate surface area is 216 Å². The van der Waals surface area contributed by atoms with Crippen molar-refractivity contribution in [1.29, 1.82) is 0 Å². The maximum absolute atomic E-state index is 13.8. The number of aliphatic hydroxyl groups is 1. The molecule has 0 aliphatic carbocycles. The second-order valence-electron chi connectivity index (χ2n) is 8.43. The number of halogens is 1. The van der Waals surface area contributed by atoms with E-state index >= 15 is 0 Å². The van der Waals surface area contributed by atoms with Crippen molar-refractivity contribution in [3.8, 4) is 11.5 Å². The van der Waals surface area contributed by atoms with E-state index in [0.717, 1.165) is 17.8 Å². The number of hydrogen-bond acceptors (Lipinski definition) is 7. The largest absolute Gasteiger partial charge is 0.507 e. The first-order valence-corrected chi connectivity index (χ1v) is 12.5. The number of amides is 1. The summed E-state index contributed by atoms with van der Waals surface area (Å²) in [7, 11) is 1.51. The van der Waals surface area contributed by atoms with Crippen molar-refractivity contribution < 1.29 is 28.6 Å². The highest BCUT2D eigenvalue weighted by atomic mass is 32.1. The lowest BCUT2D eigenvalue weighted by Gasteiger charge is -2.23. The van der Waals surface area contributed by atoms with Crippen LogP contribution in [-0.4, -0.2) is 35.5 Å². The van der Waals surface area contributed by atoms with Gasteiger partial charge in [0.2, 0.25) is 0 Å². The van der Waals surface area contributed by atoms with Gasteiger partial charge in [0.05, 0.1) is 35.5 Å². The number of benzene rings is 3. The third-order valence-corrected chi connectivity index (χ3v) is 7.00. The van der Waals surface area contributed by atoms with Crippen molar-refractivity contribution >= 4 is 44.1 Å². The van der Waals surface area contributed by atoms with E-state index in [4.69, 9.17) is 9.47 Å². The molecule has 5 rings (SSSR count). The standard InChI is InChI=1S/C28H23FN2O5S/c1-3-12-36-20-9-5-7-17(14-20)25(32)23-24(16-6-4-8-19(13-16)35-2)31(27(34)26(23)33)28-30-21-11-10-18(29)15-22(21)37-28/h4-11,13-15,24,32H,3,12H2,1-2H3/b25-23+. The van der Waals surface area contributed by atoms with Crippen molar-refractivity contribution in [1.82, 2.24) is 4.98 Å². The Morgan fingerprint density at radius 1 is 1.08 bits per heavy atom. The summed E-state index contributed by atoms with van der Waals surface area (Å²) in [6, 6.07) is 16.8. The number of carbonyl (C=O) groups excluding carboxylic acids is 2. The summed E-state index contributed by atoms with van der Waals surface area (Å²) in [6.45, 7) is 2.48. The van der Waals surface area contributed by atoms with E-state index in [1.54, 1.807) is 48.5 Å². The topological polar surface area (TPSA) is 89.0 Å². The van der Waals surface area contributed by atoms with Gasteiger partial charge in [-0.25, -0.2) is 9.37 Å². The molecule has 1 saturated heterocycles. The zero-order valence-electron chi connectivity index (χ0n) is 20.1. The number of nitrogens with zero attached hydrogens (tertiary/aromatic N) is 2. The molecule has 2 heterocycles. The van der Waals surface area contributed by atoms with Crippen LogP contribution in [0.25, 0.3) is 16.0 Å². The van der Waals surface area contributed by atoms with Crippen molar-refractivity contribution in [3.63, 3.8) is 0 Å². The lowest BCUT2D eigenvalue weighted by molar-refractivity contribution is -0.132. The average Bonchev–Trinajstić information content (AvgIpc) is 3.44. The second-order valence-corrected chi connectivity index (χ2v) is 9.44. The molecule has 188 valence electrons. The Balaban J connectivity index is 1.69. The molecular formula is C28H23FN2O5S. The summed E-state index contributed by atoms with van der Waals surface area (Å²) in [4.78, 5) is 32.6. The number of aliphatic hydroxyl groups excluding tert-OH is 1. The van der Waals surface area contributed by atoms with Gasteiger partial charge in [-0.3, -0.25) is 14.5 Å². The first-order chi connectivity index (χ1) is 17.9. The molecule has 0 bridgehead atoms. The smallest absolute Gasteiger partial charge is 0.301 e. The first kappa shape index (κ1) is 24.5. The van der Waals surface area contributed by atoms with Crippen LogP contribution in [0.1, 0.15) is 30.5 Å². The van der Waals surface area contributed by atoms with E-state index in [0.29, 0.717) is 39.4 Å². The van der Waals surface area contributed by atoms with Crippen LogP contribution in [0.3, 0.4) is 0 Å². The maximum Gasteiger partial charge on any atom is 0.301 e. The van der Waals surface area contributed by atoms with Crippen LogP contribution in [0.2, 0.25) is 0 Å². The molecule has 0 spiro atoms. The Bertz CT molecular complexity index is 1550. The molecule has 3 aromatic carbocycles. The van der Waals surface area contributed by atoms with E-state index in [-0.39, 0.29) is 16.5 Å². The molecule has 1 N–H and O–H groups in total. The highest BCUT2D eigenvalue weighted by Crippen LogP contribution is 2.45. The molecule has 1 atom stereocenters. The summed E-state index contributed by atoms with van der Waals surface area (Å²) in [6.07, 6.45) is 0.809. The number of rotatable bonds is 7. The third-order valence-electron chi connectivity index (χ3n) is 5.98. The Morgan fingerprint density at radius 2 is 1.86 bits per heavy atom. The van der Waals surface area contributed by atoms with Crippen LogP contribution < -0.4 is 14.4 Å². The van der Waals surface area contributed by atoms with Crippen molar-refractivity contribution in [2.75, 3.05) is 18.6 Å². The van der Waals surface area contributed by atoms with Gasteiger partial charge in [-0.05, 0) is 54.4 Å². The first-order valence-electron chi connectivity index (χ1n) is 11.7. The van der Waals surface area contributed by atoms with E-state index < -0.39 is 23.5 Å². The van der Waals surface area contributed by atoms with E-state index in [2.05, 4.69) is 4.98 Å². The monoisotopic (exact) mass is 518 g/mol. The summed E-state index contributed by atoms with van der Waals surface area (Å²) in [5, 5.41) is 11.6. The maximum atomic E-state index is 13.8. The van der Waals surface area contributed by atoms with Crippen LogP contribution in [0.15, 0.2) is 72.3 Å². The summed E-state index contributed by atoms with van der Waals surface area (Å²) in [5.74, 6) is -1.40. The predicted octanol–water partition coefficient (Wildman–Crippen LogP) is 5.86. The Kier molecular flexibility index (Phi) is 6.62. The van der Waals surface area contributed by atoms with Crippen molar-refractivity contribution in [2.45, 2.75) is 19.4 Å². The molecule has 9 heteroatoms. The van der Waals surface area contributed by atoms with Gasteiger partial charge in [0, 0.05) is 5.56 Å². The van der Waals surface area contributed by atoms with Crippen molar-refractivity contribution in [2.24, 2.45) is 0 Å². The molecular weight excluding hydrogens is 495 g/mol. The molecule has 7 nitrogen and oxygen atoms in total. The number of ether oxygens (including phenoxy) is 2. The van der Waals surface area contributed by atoms with Crippen LogP contribution in [0.5, 0.6) is 11.5 Å². The highest BCUT2D eigenvalue weighted by Gasteiger charge is 2.48.